The Morgan fingerprint density at radius 1 is 1.33 bits per heavy atom. The van der Waals surface area contributed by atoms with E-state index >= 15 is 0 Å². The number of nitrogens with zero attached hydrogens (tertiary/aromatic N) is 4. The predicted octanol–water partition coefficient (Wildman–Crippen LogP) is 2.95. The van der Waals surface area contributed by atoms with Crippen LogP contribution in [0.5, 0.6) is 0 Å². The molecule has 0 aliphatic rings. The Kier molecular flexibility index (Phi) is 4.26. The van der Waals surface area contributed by atoms with Crippen molar-refractivity contribution in [2.24, 2.45) is 0 Å². The largest absolute Gasteiger partial charge is 0.396 e. The van der Waals surface area contributed by atoms with E-state index in [1.807, 2.05) is 24.3 Å². The first-order valence-corrected chi connectivity index (χ1v) is 7.95. The molecule has 0 amide bonds. The zero-order valence-electron chi connectivity index (χ0n) is 10.9. The minimum atomic E-state index is 0.421. The fourth-order valence-corrected chi connectivity index (χ4v) is 3.13. The van der Waals surface area contributed by atoms with Crippen LogP contribution in [0.1, 0.15) is 11.7 Å². The molecule has 0 saturated heterocycles. The summed E-state index contributed by atoms with van der Waals surface area (Å²) in [5.74, 6) is 1.82. The Labute approximate surface area is 133 Å². The van der Waals surface area contributed by atoms with E-state index in [4.69, 9.17) is 10.3 Å². The molecular formula is C13H12BrN5OS. The van der Waals surface area contributed by atoms with Gasteiger partial charge in [0.05, 0.1) is 17.6 Å². The standard InChI is InChI=1S/C13H12BrN5OS/c14-10-3-1-2-4-11(10)21-8-12-17-13(20-18-12)7-19-6-9(15)5-16-19/h1-6H,7-8,15H2. The quantitative estimate of drug-likeness (QED) is 0.699. The molecule has 0 aliphatic heterocycles. The number of thioether (sulfide) groups is 1. The van der Waals surface area contributed by atoms with Crippen LogP contribution < -0.4 is 5.73 Å². The van der Waals surface area contributed by atoms with Crippen molar-refractivity contribution in [3.05, 3.63) is 52.8 Å². The summed E-state index contributed by atoms with van der Waals surface area (Å²) in [6, 6.07) is 8.03. The van der Waals surface area contributed by atoms with E-state index in [2.05, 4.69) is 31.2 Å². The zero-order valence-corrected chi connectivity index (χ0v) is 13.3. The van der Waals surface area contributed by atoms with Gasteiger partial charge in [0.25, 0.3) is 0 Å². The molecule has 6 nitrogen and oxygen atoms in total. The SMILES string of the molecule is Nc1cnn(Cc2nc(CSc3ccccc3Br)no2)c1. The predicted molar refractivity (Wildman–Crippen MR) is 83.7 cm³/mol. The van der Waals surface area contributed by atoms with Gasteiger partial charge >= 0.3 is 0 Å². The Morgan fingerprint density at radius 3 is 2.95 bits per heavy atom. The molecule has 0 bridgehead atoms. The smallest absolute Gasteiger partial charge is 0.248 e. The maximum atomic E-state index is 5.61. The maximum Gasteiger partial charge on any atom is 0.248 e. The summed E-state index contributed by atoms with van der Waals surface area (Å²) < 4.78 is 7.93. The van der Waals surface area contributed by atoms with Crippen LogP contribution in [0.25, 0.3) is 0 Å². The number of nitrogen functional groups attached to an aromatic ring is 1. The Morgan fingerprint density at radius 2 is 2.19 bits per heavy atom. The third kappa shape index (κ3) is 3.64. The summed E-state index contributed by atoms with van der Waals surface area (Å²) in [5.41, 5.74) is 6.22. The Balaban J connectivity index is 1.61. The molecule has 2 heterocycles. The summed E-state index contributed by atoms with van der Waals surface area (Å²) in [4.78, 5) is 5.49. The van der Waals surface area contributed by atoms with E-state index in [1.165, 1.54) is 0 Å². The fourth-order valence-electron chi connectivity index (χ4n) is 1.72. The second-order valence-corrected chi connectivity index (χ2v) is 6.17. The van der Waals surface area contributed by atoms with Gasteiger partial charge in [0, 0.05) is 15.6 Å². The highest BCUT2D eigenvalue weighted by atomic mass is 79.9. The normalized spacial score (nSPS) is 10.9. The lowest BCUT2D eigenvalue weighted by molar-refractivity contribution is 0.362. The molecule has 2 aromatic heterocycles. The van der Waals surface area contributed by atoms with Crippen LogP contribution in [-0.4, -0.2) is 19.9 Å². The lowest BCUT2D eigenvalue weighted by Crippen LogP contribution is -2.00. The molecule has 0 fully saturated rings. The van der Waals surface area contributed by atoms with Gasteiger partial charge in [-0.25, -0.2) is 0 Å². The maximum absolute atomic E-state index is 5.61. The minimum absolute atomic E-state index is 0.421. The lowest BCUT2D eigenvalue weighted by atomic mass is 10.4. The van der Waals surface area contributed by atoms with Crippen LogP contribution in [0.2, 0.25) is 0 Å². The molecule has 0 aliphatic carbocycles. The highest BCUT2D eigenvalue weighted by Gasteiger charge is 2.09. The average Bonchev–Trinajstić information content (AvgIpc) is 3.08. The zero-order chi connectivity index (χ0) is 14.7. The van der Waals surface area contributed by atoms with Crippen molar-refractivity contribution in [1.29, 1.82) is 0 Å². The van der Waals surface area contributed by atoms with E-state index in [0.717, 1.165) is 9.37 Å². The Bertz CT molecular complexity index is 742. The fraction of sp³-hybridized carbons (Fsp3) is 0.154. The molecule has 0 unspecified atom stereocenters. The van der Waals surface area contributed by atoms with Gasteiger partial charge in [0.15, 0.2) is 5.82 Å². The van der Waals surface area contributed by atoms with Crippen molar-refractivity contribution in [1.82, 2.24) is 19.9 Å². The van der Waals surface area contributed by atoms with Gasteiger partial charge < -0.3 is 10.3 Å². The topological polar surface area (TPSA) is 82.8 Å². The van der Waals surface area contributed by atoms with Crippen LogP contribution in [0.4, 0.5) is 5.69 Å². The number of halogens is 1. The van der Waals surface area contributed by atoms with Crippen molar-refractivity contribution in [2.45, 2.75) is 17.2 Å². The van der Waals surface area contributed by atoms with Crippen molar-refractivity contribution < 1.29 is 4.52 Å². The number of aromatic nitrogens is 4. The first-order chi connectivity index (χ1) is 10.2. The molecule has 2 N–H and O–H groups in total. The van der Waals surface area contributed by atoms with E-state index in [1.54, 1.807) is 28.8 Å². The molecule has 0 saturated carbocycles. The van der Waals surface area contributed by atoms with Gasteiger partial charge in [0.1, 0.15) is 6.54 Å². The molecule has 3 rings (SSSR count). The highest BCUT2D eigenvalue weighted by molar-refractivity contribution is 9.10. The second kappa shape index (κ2) is 6.31. The van der Waals surface area contributed by atoms with Crippen LogP contribution in [-0.2, 0) is 12.3 Å². The van der Waals surface area contributed by atoms with Crippen LogP contribution in [0.3, 0.4) is 0 Å². The summed E-state index contributed by atoms with van der Waals surface area (Å²) in [6.45, 7) is 0.421. The molecule has 0 spiro atoms. The number of anilines is 1. The summed E-state index contributed by atoms with van der Waals surface area (Å²) in [5, 5.41) is 8.05. The average molecular weight is 366 g/mol. The lowest BCUT2D eigenvalue weighted by Gasteiger charge is -2.00. The molecule has 21 heavy (non-hydrogen) atoms. The first-order valence-electron chi connectivity index (χ1n) is 6.17. The molecule has 3 aromatic rings. The third-order valence-corrected chi connectivity index (χ3v) is 4.68. The number of benzene rings is 1. The Hall–Kier alpha value is -1.80. The van der Waals surface area contributed by atoms with Crippen molar-refractivity contribution in [3.8, 4) is 0 Å². The summed E-state index contributed by atoms with van der Waals surface area (Å²) in [6.07, 6.45) is 3.31. The van der Waals surface area contributed by atoms with E-state index in [0.29, 0.717) is 29.7 Å². The second-order valence-electron chi connectivity index (χ2n) is 4.29. The van der Waals surface area contributed by atoms with Gasteiger partial charge in [-0.3, -0.25) is 4.68 Å². The first kappa shape index (κ1) is 14.2. The third-order valence-electron chi connectivity index (χ3n) is 2.65. The van der Waals surface area contributed by atoms with E-state index < -0.39 is 0 Å². The molecule has 1 aromatic carbocycles. The van der Waals surface area contributed by atoms with Crippen LogP contribution in [0, 0.1) is 0 Å². The molecule has 0 atom stereocenters. The van der Waals surface area contributed by atoms with Crippen LogP contribution >= 0.6 is 27.7 Å². The van der Waals surface area contributed by atoms with Crippen molar-refractivity contribution in [3.63, 3.8) is 0 Å². The highest BCUT2D eigenvalue weighted by Crippen LogP contribution is 2.28. The van der Waals surface area contributed by atoms with Gasteiger partial charge in [-0.05, 0) is 28.1 Å². The molecular weight excluding hydrogens is 354 g/mol. The molecule has 0 radical (unpaired) electrons. The molecule has 108 valence electrons. The van der Waals surface area contributed by atoms with E-state index in [-0.39, 0.29) is 0 Å². The van der Waals surface area contributed by atoms with E-state index in [9.17, 15) is 0 Å². The number of hydrogen-bond donors (Lipinski definition) is 1. The van der Waals surface area contributed by atoms with Crippen LogP contribution in [0.15, 0.2) is 50.6 Å². The number of hydrogen-bond acceptors (Lipinski definition) is 6. The van der Waals surface area contributed by atoms with Gasteiger partial charge in [-0.2, -0.15) is 10.1 Å². The van der Waals surface area contributed by atoms with Crippen molar-refractivity contribution >= 4 is 33.4 Å². The minimum Gasteiger partial charge on any atom is -0.396 e. The monoisotopic (exact) mass is 365 g/mol. The summed E-state index contributed by atoms with van der Waals surface area (Å²) in [7, 11) is 0. The number of rotatable bonds is 5. The summed E-state index contributed by atoms with van der Waals surface area (Å²) >= 11 is 5.16. The van der Waals surface area contributed by atoms with Crippen molar-refractivity contribution in [2.75, 3.05) is 5.73 Å². The van der Waals surface area contributed by atoms with Gasteiger partial charge in [-0.1, -0.05) is 17.3 Å². The van der Waals surface area contributed by atoms with Gasteiger partial charge in [-0.15, -0.1) is 11.8 Å². The number of nitrogens with two attached hydrogens (primary N) is 1. The van der Waals surface area contributed by atoms with Gasteiger partial charge in [0.2, 0.25) is 5.89 Å². The molecule has 8 heteroatoms.